The van der Waals surface area contributed by atoms with Crippen LogP contribution in [0.3, 0.4) is 0 Å². The lowest BCUT2D eigenvalue weighted by Gasteiger charge is -2.08. The Balaban J connectivity index is 2.25. The molecular formula is C14H13O3. The van der Waals surface area contributed by atoms with Crippen molar-refractivity contribution in [1.82, 2.24) is 0 Å². The van der Waals surface area contributed by atoms with Gasteiger partial charge in [-0.05, 0) is 31.2 Å². The Bertz CT molecular complexity index is 503. The third-order valence-corrected chi connectivity index (χ3v) is 2.40. The van der Waals surface area contributed by atoms with Crippen LogP contribution in [0.4, 0.5) is 0 Å². The molecule has 0 unspecified atom stereocenters. The van der Waals surface area contributed by atoms with Gasteiger partial charge < -0.3 is 9.47 Å². The fraction of sp³-hybridized carbons (Fsp3) is 0.143. The van der Waals surface area contributed by atoms with Crippen LogP contribution in [0.2, 0.25) is 0 Å². The maximum absolute atomic E-state index is 11.6. The third kappa shape index (κ3) is 2.69. The summed E-state index contributed by atoms with van der Waals surface area (Å²) < 4.78 is 10.6. The first-order chi connectivity index (χ1) is 8.19. The van der Waals surface area contributed by atoms with Crippen molar-refractivity contribution in [2.45, 2.75) is 6.92 Å². The van der Waals surface area contributed by atoms with Crippen LogP contribution in [0.1, 0.15) is 5.56 Å². The summed E-state index contributed by atoms with van der Waals surface area (Å²) in [5, 5.41) is 11.6. The Kier molecular flexibility index (Phi) is 3.19. The Morgan fingerprint density at radius 2 is 1.59 bits per heavy atom. The van der Waals surface area contributed by atoms with Crippen LogP contribution in [-0.4, -0.2) is 7.11 Å². The first-order valence-electron chi connectivity index (χ1n) is 5.28. The van der Waals surface area contributed by atoms with Crippen LogP contribution in [0.15, 0.2) is 42.5 Å². The maximum Gasteiger partial charge on any atom is 0.221 e. The molecule has 0 amide bonds. The van der Waals surface area contributed by atoms with E-state index in [4.69, 9.17) is 9.47 Å². The van der Waals surface area contributed by atoms with E-state index < -0.39 is 0 Å². The van der Waals surface area contributed by atoms with Crippen LogP contribution in [-0.2, 0) is 5.11 Å². The second-order valence-electron chi connectivity index (χ2n) is 3.73. The number of ether oxygens (including phenoxy) is 2. The molecule has 1 radical (unpaired) electrons. The van der Waals surface area contributed by atoms with Crippen molar-refractivity contribution < 1.29 is 14.6 Å². The Morgan fingerprint density at radius 1 is 0.941 bits per heavy atom. The zero-order chi connectivity index (χ0) is 12.3. The van der Waals surface area contributed by atoms with E-state index in [-0.39, 0.29) is 11.5 Å². The third-order valence-electron chi connectivity index (χ3n) is 2.40. The molecule has 0 heterocycles. The average molecular weight is 229 g/mol. The minimum Gasteiger partial charge on any atom is -0.497 e. The molecule has 0 N–H and O–H groups in total. The normalized spacial score (nSPS) is 10.0. The van der Waals surface area contributed by atoms with Crippen molar-refractivity contribution in [3.63, 3.8) is 0 Å². The Hall–Kier alpha value is -2.16. The highest BCUT2D eigenvalue weighted by atomic mass is 16.5. The number of methoxy groups -OCH3 is 1. The van der Waals surface area contributed by atoms with Crippen molar-refractivity contribution >= 4 is 0 Å². The Labute approximate surface area is 100 Å². The number of hydrogen-bond donors (Lipinski definition) is 0. The van der Waals surface area contributed by atoms with Gasteiger partial charge in [0, 0.05) is 6.07 Å². The largest absolute Gasteiger partial charge is 0.497 e. The van der Waals surface area contributed by atoms with E-state index in [0.29, 0.717) is 11.5 Å². The van der Waals surface area contributed by atoms with E-state index in [9.17, 15) is 5.11 Å². The first-order valence-corrected chi connectivity index (χ1v) is 5.28. The second kappa shape index (κ2) is 4.78. The topological polar surface area (TPSA) is 38.4 Å². The van der Waals surface area contributed by atoms with Crippen molar-refractivity contribution in [1.29, 1.82) is 0 Å². The zero-order valence-corrected chi connectivity index (χ0v) is 9.77. The summed E-state index contributed by atoms with van der Waals surface area (Å²) in [7, 11) is 1.55. The van der Waals surface area contributed by atoms with E-state index in [2.05, 4.69) is 0 Å². The summed E-state index contributed by atoms with van der Waals surface area (Å²) in [5.74, 6) is 1.35. The lowest BCUT2D eigenvalue weighted by atomic mass is 10.2. The van der Waals surface area contributed by atoms with Crippen molar-refractivity contribution in [3.05, 3.63) is 48.0 Å². The van der Waals surface area contributed by atoms with Gasteiger partial charge in [0.1, 0.15) is 11.5 Å². The van der Waals surface area contributed by atoms with Crippen LogP contribution in [0, 0.1) is 6.92 Å². The summed E-state index contributed by atoms with van der Waals surface area (Å²) in [6, 6.07) is 12.2. The summed E-state index contributed by atoms with van der Waals surface area (Å²) >= 11 is 0. The SMILES string of the molecule is COc1ccc([O])c(Oc2ccc(C)cc2)c1. The molecule has 2 aromatic carbocycles. The maximum atomic E-state index is 11.6. The molecule has 3 heteroatoms. The van der Waals surface area contributed by atoms with Crippen molar-refractivity contribution in [2.75, 3.05) is 7.11 Å². The highest BCUT2D eigenvalue weighted by Crippen LogP contribution is 2.34. The fourth-order valence-electron chi connectivity index (χ4n) is 1.43. The first kappa shape index (κ1) is 11.3. The molecule has 0 aliphatic carbocycles. The van der Waals surface area contributed by atoms with Crippen LogP contribution in [0.5, 0.6) is 23.0 Å². The van der Waals surface area contributed by atoms with E-state index in [1.54, 1.807) is 19.2 Å². The molecule has 0 aliphatic rings. The molecule has 0 atom stereocenters. The number of rotatable bonds is 3. The molecule has 0 aromatic heterocycles. The van der Waals surface area contributed by atoms with Gasteiger partial charge in [-0.2, -0.15) is 0 Å². The molecule has 0 bridgehead atoms. The van der Waals surface area contributed by atoms with Gasteiger partial charge in [-0.25, -0.2) is 0 Å². The molecule has 0 spiro atoms. The second-order valence-corrected chi connectivity index (χ2v) is 3.73. The molecule has 3 nitrogen and oxygen atoms in total. The minimum absolute atomic E-state index is 0.161. The standard InChI is InChI=1S/C14H13O3/c1-10-3-5-11(6-4-10)17-14-9-12(16-2)7-8-13(14)15/h3-9H,1-2H3. The molecule has 2 rings (SSSR count). The number of benzene rings is 2. The summed E-state index contributed by atoms with van der Waals surface area (Å²) in [6.45, 7) is 1.99. The predicted molar refractivity (Wildman–Crippen MR) is 64.4 cm³/mol. The van der Waals surface area contributed by atoms with Gasteiger partial charge in [-0.15, -0.1) is 0 Å². The molecule has 0 fully saturated rings. The van der Waals surface area contributed by atoms with Crippen molar-refractivity contribution in [3.8, 4) is 23.0 Å². The molecule has 87 valence electrons. The van der Waals surface area contributed by atoms with E-state index >= 15 is 0 Å². The molecule has 0 saturated heterocycles. The smallest absolute Gasteiger partial charge is 0.221 e. The van der Waals surface area contributed by atoms with Crippen LogP contribution >= 0.6 is 0 Å². The van der Waals surface area contributed by atoms with Gasteiger partial charge in [-0.1, -0.05) is 17.7 Å². The Morgan fingerprint density at radius 3 is 2.24 bits per heavy atom. The van der Waals surface area contributed by atoms with Gasteiger partial charge in [0.2, 0.25) is 5.75 Å². The molecule has 17 heavy (non-hydrogen) atoms. The average Bonchev–Trinajstić information content (AvgIpc) is 2.35. The summed E-state index contributed by atoms with van der Waals surface area (Å²) in [4.78, 5) is 0. The van der Waals surface area contributed by atoms with E-state index in [1.165, 1.54) is 6.07 Å². The number of hydrogen-bond acceptors (Lipinski definition) is 2. The highest BCUT2D eigenvalue weighted by Gasteiger charge is 2.07. The minimum atomic E-state index is -0.161. The van der Waals surface area contributed by atoms with Gasteiger partial charge in [0.25, 0.3) is 0 Å². The van der Waals surface area contributed by atoms with E-state index in [1.807, 2.05) is 31.2 Å². The summed E-state index contributed by atoms with van der Waals surface area (Å²) in [6.07, 6.45) is 0. The lowest BCUT2D eigenvalue weighted by molar-refractivity contribution is 0.326. The van der Waals surface area contributed by atoms with Crippen molar-refractivity contribution in [2.24, 2.45) is 0 Å². The van der Waals surface area contributed by atoms with Gasteiger partial charge in [0.15, 0.2) is 5.75 Å². The van der Waals surface area contributed by atoms with E-state index in [0.717, 1.165) is 5.56 Å². The quantitative estimate of drug-likeness (QED) is 0.799. The number of aryl methyl sites for hydroxylation is 1. The predicted octanol–water partition coefficient (Wildman–Crippen LogP) is 3.94. The molecule has 0 saturated carbocycles. The van der Waals surface area contributed by atoms with Crippen LogP contribution in [0.25, 0.3) is 0 Å². The molecule has 2 aromatic rings. The highest BCUT2D eigenvalue weighted by molar-refractivity contribution is 5.46. The van der Waals surface area contributed by atoms with Crippen LogP contribution < -0.4 is 9.47 Å². The molecule has 0 aliphatic heterocycles. The van der Waals surface area contributed by atoms with Gasteiger partial charge in [0.05, 0.1) is 7.11 Å². The zero-order valence-electron chi connectivity index (χ0n) is 9.77. The summed E-state index contributed by atoms with van der Waals surface area (Å²) in [5.41, 5.74) is 1.14. The molecular weight excluding hydrogens is 216 g/mol. The fourth-order valence-corrected chi connectivity index (χ4v) is 1.43. The monoisotopic (exact) mass is 229 g/mol. The van der Waals surface area contributed by atoms with Gasteiger partial charge >= 0.3 is 0 Å². The lowest BCUT2D eigenvalue weighted by Crippen LogP contribution is -1.87. The van der Waals surface area contributed by atoms with Gasteiger partial charge in [-0.3, -0.25) is 5.11 Å².